The SMILES string of the molecule is CCC(C)C(C)NC(=O)C(C)C(C)N. The van der Waals surface area contributed by atoms with Gasteiger partial charge in [0.1, 0.15) is 0 Å². The van der Waals surface area contributed by atoms with E-state index in [0.29, 0.717) is 5.92 Å². The third-order valence-electron chi connectivity index (χ3n) is 3.07. The van der Waals surface area contributed by atoms with E-state index < -0.39 is 0 Å². The fraction of sp³-hybridized carbons (Fsp3) is 0.909. The highest BCUT2D eigenvalue weighted by atomic mass is 16.1. The summed E-state index contributed by atoms with van der Waals surface area (Å²) in [6.45, 7) is 10.0. The molecular formula is C11H24N2O. The fourth-order valence-electron chi connectivity index (χ4n) is 1.09. The molecule has 3 heteroatoms. The lowest BCUT2D eigenvalue weighted by Crippen LogP contribution is -2.44. The Bertz CT molecular complexity index is 180. The van der Waals surface area contributed by atoms with Gasteiger partial charge in [-0.25, -0.2) is 0 Å². The Labute approximate surface area is 87.4 Å². The Morgan fingerprint density at radius 2 is 1.79 bits per heavy atom. The molecule has 0 radical (unpaired) electrons. The molecule has 4 unspecified atom stereocenters. The molecule has 0 bridgehead atoms. The van der Waals surface area contributed by atoms with Gasteiger partial charge in [0, 0.05) is 18.0 Å². The van der Waals surface area contributed by atoms with Crippen molar-refractivity contribution < 1.29 is 4.79 Å². The fourth-order valence-corrected chi connectivity index (χ4v) is 1.09. The largest absolute Gasteiger partial charge is 0.353 e. The van der Waals surface area contributed by atoms with Gasteiger partial charge in [-0.3, -0.25) is 4.79 Å². The lowest BCUT2D eigenvalue weighted by Gasteiger charge is -2.23. The molecule has 0 aromatic carbocycles. The number of nitrogens with two attached hydrogens (primary N) is 1. The van der Waals surface area contributed by atoms with Gasteiger partial charge >= 0.3 is 0 Å². The van der Waals surface area contributed by atoms with Crippen molar-refractivity contribution in [3.05, 3.63) is 0 Å². The van der Waals surface area contributed by atoms with Crippen LogP contribution in [0.1, 0.15) is 41.0 Å². The van der Waals surface area contributed by atoms with E-state index in [9.17, 15) is 4.79 Å². The molecule has 1 amide bonds. The first kappa shape index (κ1) is 13.4. The number of nitrogens with one attached hydrogen (secondary N) is 1. The molecule has 0 saturated heterocycles. The topological polar surface area (TPSA) is 55.1 Å². The molecule has 0 aliphatic carbocycles. The van der Waals surface area contributed by atoms with E-state index in [1.54, 1.807) is 0 Å². The van der Waals surface area contributed by atoms with Gasteiger partial charge in [-0.1, -0.05) is 27.2 Å². The number of carbonyl (C=O) groups excluding carboxylic acids is 1. The van der Waals surface area contributed by atoms with E-state index in [1.807, 2.05) is 20.8 Å². The minimum Gasteiger partial charge on any atom is -0.353 e. The molecule has 14 heavy (non-hydrogen) atoms. The van der Waals surface area contributed by atoms with Gasteiger partial charge in [-0.15, -0.1) is 0 Å². The quantitative estimate of drug-likeness (QED) is 0.707. The number of rotatable bonds is 5. The Morgan fingerprint density at radius 3 is 2.14 bits per heavy atom. The minimum absolute atomic E-state index is 0.0628. The van der Waals surface area contributed by atoms with Crippen LogP contribution in [0.15, 0.2) is 0 Å². The van der Waals surface area contributed by atoms with E-state index >= 15 is 0 Å². The van der Waals surface area contributed by atoms with Crippen LogP contribution in [0.5, 0.6) is 0 Å². The van der Waals surface area contributed by atoms with Gasteiger partial charge in [0.15, 0.2) is 0 Å². The number of carbonyl (C=O) groups is 1. The average Bonchev–Trinajstić information content (AvgIpc) is 2.14. The first-order valence-electron chi connectivity index (χ1n) is 5.46. The van der Waals surface area contributed by atoms with Crippen LogP contribution in [0.25, 0.3) is 0 Å². The predicted octanol–water partition coefficient (Wildman–Crippen LogP) is 1.52. The average molecular weight is 200 g/mol. The molecule has 0 aliphatic rings. The van der Waals surface area contributed by atoms with Crippen LogP contribution in [0, 0.1) is 11.8 Å². The molecular weight excluding hydrogens is 176 g/mol. The molecule has 0 rings (SSSR count). The summed E-state index contributed by atoms with van der Waals surface area (Å²) in [6, 6.07) is 0.146. The van der Waals surface area contributed by atoms with Crippen LogP contribution in [0.3, 0.4) is 0 Å². The third-order valence-corrected chi connectivity index (χ3v) is 3.07. The van der Waals surface area contributed by atoms with E-state index in [-0.39, 0.29) is 23.9 Å². The molecule has 0 spiro atoms. The Hall–Kier alpha value is -0.570. The lowest BCUT2D eigenvalue weighted by molar-refractivity contribution is -0.125. The lowest BCUT2D eigenvalue weighted by atomic mass is 9.98. The maximum absolute atomic E-state index is 11.6. The van der Waals surface area contributed by atoms with Gasteiger partial charge in [0.2, 0.25) is 5.91 Å². The second-order valence-corrected chi connectivity index (χ2v) is 4.33. The normalized spacial score (nSPS) is 19.6. The van der Waals surface area contributed by atoms with Crippen molar-refractivity contribution in [2.45, 2.75) is 53.1 Å². The standard InChI is InChI=1S/C11H24N2O/c1-6-7(2)10(5)13-11(14)8(3)9(4)12/h7-10H,6,12H2,1-5H3,(H,13,14). The maximum atomic E-state index is 11.6. The Morgan fingerprint density at radius 1 is 1.29 bits per heavy atom. The van der Waals surface area contributed by atoms with Crippen LogP contribution in [0.4, 0.5) is 0 Å². The van der Waals surface area contributed by atoms with Gasteiger partial charge < -0.3 is 11.1 Å². The van der Waals surface area contributed by atoms with Crippen LogP contribution in [0.2, 0.25) is 0 Å². The van der Waals surface area contributed by atoms with Crippen molar-refractivity contribution in [2.24, 2.45) is 17.6 Å². The van der Waals surface area contributed by atoms with E-state index in [1.165, 1.54) is 0 Å². The highest BCUT2D eigenvalue weighted by Gasteiger charge is 2.20. The van der Waals surface area contributed by atoms with Gasteiger partial charge in [0.05, 0.1) is 0 Å². The van der Waals surface area contributed by atoms with Crippen LogP contribution in [-0.2, 0) is 4.79 Å². The highest BCUT2D eigenvalue weighted by Crippen LogP contribution is 2.08. The summed E-state index contributed by atoms with van der Waals surface area (Å²) < 4.78 is 0. The second-order valence-electron chi connectivity index (χ2n) is 4.33. The summed E-state index contributed by atoms with van der Waals surface area (Å²) in [5, 5.41) is 2.99. The van der Waals surface area contributed by atoms with Crippen LogP contribution >= 0.6 is 0 Å². The molecule has 0 fully saturated rings. The van der Waals surface area contributed by atoms with E-state index in [4.69, 9.17) is 5.73 Å². The maximum Gasteiger partial charge on any atom is 0.224 e. The molecule has 0 heterocycles. The van der Waals surface area contributed by atoms with Gasteiger partial charge in [-0.2, -0.15) is 0 Å². The zero-order valence-corrected chi connectivity index (χ0v) is 10.0. The summed E-state index contributed by atoms with van der Waals surface area (Å²) in [5.74, 6) is 0.466. The second kappa shape index (κ2) is 6.02. The van der Waals surface area contributed by atoms with Crippen molar-refractivity contribution in [3.8, 4) is 0 Å². The Balaban J connectivity index is 4.05. The van der Waals surface area contributed by atoms with Crippen molar-refractivity contribution in [1.29, 1.82) is 0 Å². The first-order valence-corrected chi connectivity index (χ1v) is 5.46. The van der Waals surface area contributed by atoms with Crippen LogP contribution in [-0.4, -0.2) is 18.0 Å². The number of hydrogen-bond donors (Lipinski definition) is 2. The molecule has 0 saturated carbocycles. The number of amides is 1. The molecule has 0 aromatic rings. The summed E-state index contributed by atoms with van der Waals surface area (Å²) in [4.78, 5) is 11.6. The van der Waals surface area contributed by atoms with Crippen molar-refractivity contribution in [3.63, 3.8) is 0 Å². The Kier molecular flexibility index (Phi) is 5.77. The van der Waals surface area contributed by atoms with E-state index in [0.717, 1.165) is 6.42 Å². The molecule has 3 N–H and O–H groups in total. The molecule has 0 aliphatic heterocycles. The molecule has 4 atom stereocenters. The minimum atomic E-state index is -0.110. The zero-order chi connectivity index (χ0) is 11.3. The highest BCUT2D eigenvalue weighted by molar-refractivity contribution is 5.79. The zero-order valence-electron chi connectivity index (χ0n) is 10.0. The molecule has 0 aromatic heterocycles. The monoisotopic (exact) mass is 200 g/mol. The summed E-state index contributed by atoms with van der Waals surface area (Å²) in [6.07, 6.45) is 1.08. The van der Waals surface area contributed by atoms with Gasteiger partial charge in [-0.05, 0) is 19.8 Å². The summed E-state index contributed by atoms with van der Waals surface area (Å²) in [5.41, 5.74) is 5.66. The van der Waals surface area contributed by atoms with Gasteiger partial charge in [0.25, 0.3) is 0 Å². The predicted molar refractivity (Wildman–Crippen MR) is 59.9 cm³/mol. The van der Waals surface area contributed by atoms with Crippen molar-refractivity contribution >= 4 is 5.91 Å². The number of hydrogen-bond acceptors (Lipinski definition) is 2. The smallest absolute Gasteiger partial charge is 0.224 e. The van der Waals surface area contributed by atoms with Crippen molar-refractivity contribution in [2.75, 3.05) is 0 Å². The van der Waals surface area contributed by atoms with Crippen molar-refractivity contribution in [1.82, 2.24) is 5.32 Å². The first-order chi connectivity index (χ1) is 6.40. The van der Waals surface area contributed by atoms with Crippen LogP contribution < -0.4 is 11.1 Å². The molecule has 84 valence electrons. The van der Waals surface area contributed by atoms with E-state index in [2.05, 4.69) is 19.2 Å². The summed E-state index contributed by atoms with van der Waals surface area (Å²) in [7, 11) is 0. The third kappa shape index (κ3) is 4.09. The molecule has 3 nitrogen and oxygen atoms in total. The summed E-state index contributed by atoms with van der Waals surface area (Å²) >= 11 is 0.